The monoisotopic (exact) mass is 476 g/mol. The summed E-state index contributed by atoms with van der Waals surface area (Å²) in [4.78, 5) is 13.1. The number of methoxy groups -OCH3 is 2. The molecule has 1 N–H and O–H groups in total. The molecule has 0 unspecified atom stereocenters. The van der Waals surface area contributed by atoms with E-state index < -0.39 is 28.1 Å². The molecule has 0 bridgehead atoms. The van der Waals surface area contributed by atoms with Crippen molar-refractivity contribution in [2.75, 3.05) is 31.3 Å². The minimum atomic E-state index is -3.63. The minimum absolute atomic E-state index is 0.118. The fourth-order valence-electron chi connectivity index (χ4n) is 3.73. The third kappa shape index (κ3) is 5.35. The van der Waals surface area contributed by atoms with Crippen molar-refractivity contribution in [1.82, 2.24) is 5.32 Å². The van der Waals surface area contributed by atoms with Gasteiger partial charge in [-0.2, -0.15) is 0 Å². The summed E-state index contributed by atoms with van der Waals surface area (Å²) in [5, 5.41) is 2.91. The standard InChI is InChI=1S/C24H32N2O6S/c1-15(18-13-17(30-5)9-11-20(18)31-6)25-23(27)22-14-26(33(7,28)29)19-12-16(24(2,3)4)8-10-21(19)32-22/h8-13,15,22H,14H2,1-7H3,(H,25,27)/t15-,22-/m0/s1. The molecule has 2 aromatic carbocycles. The first-order valence-electron chi connectivity index (χ1n) is 10.7. The average Bonchev–Trinajstić information content (AvgIpc) is 2.75. The largest absolute Gasteiger partial charge is 0.497 e. The second kappa shape index (κ2) is 9.13. The fraction of sp³-hybridized carbons (Fsp3) is 0.458. The van der Waals surface area contributed by atoms with Crippen LogP contribution in [0.3, 0.4) is 0 Å². The van der Waals surface area contributed by atoms with Crippen molar-refractivity contribution >= 4 is 21.6 Å². The van der Waals surface area contributed by atoms with Gasteiger partial charge in [0.25, 0.3) is 5.91 Å². The van der Waals surface area contributed by atoms with Crippen molar-refractivity contribution in [3.8, 4) is 17.2 Å². The van der Waals surface area contributed by atoms with Crippen LogP contribution >= 0.6 is 0 Å². The Hall–Kier alpha value is -2.94. The van der Waals surface area contributed by atoms with E-state index in [4.69, 9.17) is 14.2 Å². The van der Waals surface area contributed by atoms with Crippen LogP contribution < -0.4 is 23.8 Å². The third-order valence-electron chi connectivity index (χ3n) is 5.65. The zero-order valence-corrected chi connectivity index (χ0v) is 20.9. The SMILES string of the molecule is COc1ccc(OC)c([C@H](C)NC(=O)[C@@H]2CN(S(C)(=O)=O)c3cc(C(C)(C)C)ccc3O2)c1. The molecule has 0 radical (unpaired) electrons. The van der Waals surface area contributed by atoms with Gasteiger partial charge >= 0.3 is 0 Å². The van der Waals surface area contributed by atoms with Gasteiger partial charge in [-0.25, -0.2) is 8.42 Å². The molecule has 0 aliphatic carbocycles. The van der Waals surface area contributed by atoms with E-state index in [-0.39, 0.29) is 12.0 Å². The highest BCUT2D eigenvalue weighted by Crippen LogP contribution is 2.39. The predicted octanol–water partition coefficient (Wildman–Crippen LogP) is 3.41. The summed E-state index contributed by atoms with van der Waals surface area (Å²) >= 11 is 0. The van der Waals surface area contributed by atoms with E-state index in [2.05, 4.69) is 5.32 Å². The number of rotatable bonds is 6. The molecule has 1 aliphatic heterocycles. The summed E-state index contributed by atoms with van der Waals surface area (Å²) in [6.07, 6.45) is 0.122. The first-order valence-corrected chi connectivity index (χ1v) is 12.5. The molecule has 0 fully saturated rings. The average molecular weight is 477 g/mol. The van der Waals surface area contributed by atoms with Crippen LogP contribution in [0.15, 0.2) is 36.4 Å². The molecule has 1 aliphatic rings. The van der Waals surface area contributed by atoms with Gasteiger partial charge < -0.3 is 19.5 Å². The second-order valence-electron chi connectivity index (χ2n) is 9.17. The minimum Gasteiger partial charge on any atom is -0.497 e. The van der Waals surface area contributed by atoms with Crippen LogP contribution in [0, 0.1) is 0 Å². The van der Waals surface area contributed by atoms with Crippen molar-refractivity contribution in [3.05, 3.63) is 47.5 Å². The summed E-state index contributed by atoms with van der Waals surface area (Å²) in [5.74, 6) is 1.16. The Bertz CT molecular complexity index is 1140. The van der Waals surface area contributed by atoms with Crippen molar-refractivity contribution in [3.63, 3.8) is 0 Å². The smallest absolute Gasteiger partial charge is 0.263 e. The molecule has 2 aromatic rings. The van der Waals surface area contributed by atoms with E-state index in [0.29, 0.717) is 22.9 Å². The number of hydrogen-bond acceptors (Lipinski definition) is 6. The van der Waals surface area contributed by atoms with Gasteiger partial charge in [0.05, 0.1) is 38.7 Å². The Morgan fingerprint density at radius 2 is 1.85 bits per heavy atom. The highest BCUT2D eigenvalue weighted by molar-refractivity contribution is 7.92. The highest BCUT2D eigenvalue weighted by Gasteiger charge is 2.36. The van der Waals surface area contributed by atoms with E-state index in [9.17, 15) is 13.2 Å². The van der Waals surface area contributed by atoms with Crippen molar-refractivity contribution < 1.29 is 27.4 Å². The molecule has 8 nitrogen and oxygen atoms in total. The maximum atomic E-state index is 13.1. The van der Waals surface area contributed by atoms with Gasteiger partial charge in [-0.15, -0.1) is 0 Å². The lowest BCUT2D eigenvalue weighted by Gasteiger charge is -2.35. The van der Waals surface area contributed by atoms with Crippen LogP contribution in [0.5, 0.6) is 17.2 Å². The molecule has 0 spiro atoms. The second-order valence-corrected chi connectivity index (χ2v) is 11.1. The molecule has 0 aromatic heterocycles. The molecule has 0 saturated carbocycles. The molecular weight excluding hydrogens is 444 g/mol. The number of ether oxygens (including phenoxy) is 3. The lowest BCUT2D eigenvalue weighted by Crippen LogP contribution is -2.51. The van der Waals surface area contributed by atoms with Gasteiger partial charge in [0, 0.05) is 5.56 Å². The number of amides is 1. The van der Waals surface area contributed by atoms with Crippen LogP contribution in [-0.4, -0.2) is 47.4 Å². The Balaban J connectivity index is 1.88. The summed E-state index contributed by atoms with van der Waals surface area (Å²) in [6.45, 7) is 7.85. The van der Waals surface area contributed by atoms with Gasteiger partial charge in [0.15, 0.2) is 6.10 Å². The van der Waals surface area contributed by atoms with Crippen molar-refractivity contribution in [2.24, 2.45) is 0 Å². The van der Waals surface area contributed by atoms with Crippen LogP contribution in [0.25, 0.3) is 0 Å². The molecule has 33 heavy (non-hydrogen) atoms. The summed E-state index contributed by atoms with van der Waals surface area (Å²) in [7, 11) is -0.517. The molecule has 180 valence electrons. The number of carbonyl (C=O) groups is 1. The van der Waals surface area contributed by atoms with E-state index in [1.165, 1.54) is 4.31 Å². The van der Waals surface area contributed by atoms with Crippen LogP contribution in [0.1, 0.15) is 44.9 Å². The number of benzene rings is 2. The van der Waals surface area contributed by atoms with Gasteiger partial charge in [0.1, 0.15) is 17.2 Å². The summed E-state index contributed by atoms with van der Waals surface area (Å²) in [6, 6.07) is 10.3. The Labute approximate surface area is 195 Å². The zero-order valence-electron chi connectivity index (χ0n) is 20.1. The third-order valence-corrected chi connectivity index (χ3v) is 6.80. The first-order chi connectivity index (χ1) is 15.3. The normalized spacial score (nSPS) is 16.9. The molecule has 1 heterocycles. The Morgan fingerprint density at radius 3 is 2.42 bits per heavy atom. The van der Waals surface area contributed by atoms with Gasteiger partial charge in [0.2, 0.25) is 10.0 Å². The summed E-state index contributed by atoms with van der Waals surface area (Å²) < 4.78 is 43.1. The number of fused-ring (bicyclic) bond motifs is 1. The topological polar surface area (TPSA) is 94.2 Å². The Morgan fingerprint density at radius 1 is 1.15 bits per heavy atom. The molecular formula is C24H32N2O6S. The molecule has 3 rings (SSSR count). The summed E-state index contributed by atoms with van der Waals surface area (Å²) in [5.41, 5.74) is 1.98. The van der Waals surface area contributed by atoms with Crippen molar-refractivity contribution in [2.45, 2.75) is 45.3 Å². The predicted molar refractivity (Wildman–Crippen MR) is 128 cm³/mol. The zero-order chi connectivity index (χ0) is 24.6. The maximum Gasteiger partial charge on any atom is 0.263 e. The lowest BCUT2D eigenvalue weighted by molar-refractivity contribution is -0.128. The van der Waals surface area contributed by atoms with Crippen LogP contribution in [0.4, 0.5) is 5.69 Å². The van der Waals surface area contributed by atoms with Gasteiger partial charge in [-0.05, 0) is 48.2 Å². The quantitative estimate of drug-likeness (QED) is 0.687. The van der Waals surface area contributed by atoms with Gasteiger partial charge in [-0.3, -0.25) is 9.10 Å². The molecule has 9 heteroatoms. The van der Waals surface area contributed by atoms with Gasteiger partial charge in [-0.1, -0.05) is 26.8 Å². The Kier molecular flexibility index (Phi) is 6.83. The lowest BCUT2D eigenvalue weighted by atomic mass is 9.86. The molecule has 1 amide bonds. The highest BCUT2D eigenvalue weighted by atomic mass is 32.2. The number of carbonyl (C=O) groups excluding carboxylic acids is 1. The fourth-order valence-corrected chi connectivity index (χ4v) is 4.64. The number of nitrogens with zero attached hydrogens (tertiary/aromatic N) is 1. The number of nitrogens with one attached hydrogen (secondary N) is 1. The van der Waals surface area contributed by atoms with Crippen LogP contribution in [0.2, 0.25) is 0 Å². The maximum absolute atomic E-state index is 13.1. The van der Waals surface area contributed by atoms with E-state index in [0.717, 1.165) is 17.4 Å². The van der Waals surface area contributed by atoms with Crippen LogP contribution in [-0.2, 0) is 20.2 Å². The van der Waals surface area contributed by atoms with E-state index >= 15 is 0 Å². The van der Waals surface area contributed by atoms with E-state index in [1.807, 2.05) is 39.8 Å². The molecule has 2 atom stereocenters. The molecule has 0 saturated heterocycles. The van der Waals surface area contributed by atoms with Crippen molar-refractivity contribution in [1.29, 1.82) is 0 Å². The first kappa shape index (κ1) is 24.7. The number of sulfonamides is 1. The van der Waals surface area contributed by atoms with E-state index in [1.54, 1.807) is 38.5 Å². The number of hydrogen-bond donors (Lipinski definition) is 1. The number of anilines is 1.